The topological polar surface area (TPSA) is 99.6 Å². The molecule has 2 heterocycles. The van der Waals surface area contributed by atoms with Crippen LogP contribution in [0.15, 0.2) is 58.3 Å². The van der Waals surface area contributed by atoms with Crippen LogP contribution in [0.1, 0.15) is 35.1 Å². The van der Waals surface area contributed by atoms with E-state index in [1.807, 2.05) is 6.07 Å². The van der Waals surface area contributed by atoms with Crippen molar-refractivity contribution < 1.29 is 9.53 Å². The molecule has 1 aromatic heterocycles. The molecule has 7 heteroatoms. The Labute approximate surface area is 155 Å². The van der Waals surface area contributed by atoms with Crippen molar-refractivity contribution in [3.05, 3.63) is 70.3 Å². The molecule has 1 unspecified atom stereocenters. The van der Waals surface area contributed by atoms with Gasteiger partial charge in [-0.05, 0) is 30.7 Å². The maximum absolute atomic E-state index is 13.3. The van der Waals surface area contributed by atoms with Gasteiger partial charge in [0.15, 0.2) is 0 Å². The fraction of sp³-hybridized carbons (Fsp3) is 0.200. The number of ether oxygens (including phenoxy) is 1. The van der Waals surface area contributed by atoms with E-state index in [0.717, 1.165) is 0 Å². The molecule has 0 spiro atoms. The first-order valence-electron chi connectivity index (χ1n) is 8.61. The number of rotatable bonds is 3. The van der Waals surface area contributed by atoms with E-state index >= 15 is 0 Å². The van der Waals surface area contributed by atoms with Crippen LogP contribution in [0.25, 0.3) is 16.6 Å². The number of nitrogens with zero attached hydrogens (tertiary/aromatic N) is 3. The van der Waals surface area contributed by atoms with Crippen LogP contribution in [0.2, 0.25) is 0 Å². The second-order valence-corrected chi connectivity index (χ2v) is 6.31. The number of aromatic nitrogens is 2. The highest BCUT2D eigenvalue weighted by Crippen LogP contribution is 2.29. The summed E-state index contributed by atoms with van der Waals surface area (Å²) in [5, 5.41) is 0.468. The lowest BCUT2D eigenvalue weighted by Crippen LogP contribution is -2.26. The SMILES string of the molecule is COC(=O)c1ccccc1-n1c(C2CCC(N)=N2)nc2ccccc2c1=O. The molecule has 0 fully saturated rings. The van der Waals surface area contributed by atoms with Gasteiger partial charge in [0.25, 0.3) is 5.56 Å². The number of para-hydroxylation sites is 2. The highest BCUT2D eigenvalue weighted by molar-refractivity contribution is 5.93. The first kappa shape index (κ1) is 17.0. The van der Waals surface area contributed by atoms with Gasteiger partial charge in [-0.3, -0.25) is 14.4 Å². The zero-order valence-corrected chi connectivity index (χ0v) is 14.8. The number of hydrogen-bond donors (Lipinski definition) is 1. The van der Waals surface area contributed by atoms with E-state index in [1.165, 1.54) is 11.7 Å². The third kappa shape index (κ3) is 2.87. The van der Waals surface area contributed by atoms with Crippen LogP contribution < -0.4 is 11.3 Å². The van der Waals surface area contributed by atoms with Crippen LogP contribution >= 0.6 is 0 Å². The first-order chi connectivity index (χ1) is 13.1. The normalized spacial score (nSPS) is 16.3. The summed E-state index contributed by atoms with van der Waals surface area (Å²) in [5.74, 6) is 0.483. The van der Waals surface area contributed by atoms with E-state index in [2.05, 4.69) is 4.99 Å². The standard InChI is InChI=1S/C20H18N4O3/c1-27-20(26)13-7-3-5-9-16(13)24-18(15-10-11-17(21)22-15)23-14-8-4-2-6-12(14)19(24)25/h2-9,15H,10-11H2,1H3,(H2,21,22). The van der Waals surface area contributed by atoms with E-state index in [9.17, 15) is 9.59 Å². The Bertz CT molecular complexity index is 1130. The van der Waals surface area contributed by atoms with E-state index in [0.29, 0.717) is 41.1 Å². The van der Waals surface area contributed by atoms with Crippen molar-refractivity contribution in [3.8, 4) is 5.69 Å². The van der Waals surface area contributed by atoms with Crippen molar-refractivity contribution in [1.29, 1.82) is 0 Å². The van der Waals surface area contributed by atoms with Crippen molar-refractivity contribution in [2.24, 2.45) is 10.7 Å². The molecule has 3 aromatic rings. The molecule has 7 nitrogen and oxygen atoms in total. The third-order valence-electron chi connectivity index (χ3n) is 4.65. The quantitative estimate of drug-likeness (QED) is 0.721. The molecule has 1 aliphatic rings. The predicted octanol–water partition coefficient (Wildman–Crippen LogP) is 2.36. The summed E-state index contributed by atoms with van der Waals surface area (Å²) in [6, 6.07) is 13.6. The second-order valence-electron chi connectivity index (χ2n) is 6.31. The summed E-state index contributed by atoms with van der Waals surface area (Å²) in [4.78, 5) is 34.8. The maximum Gasteiger partial charge on any atom is 0.339 e. The Morgan fingerprint density at radius 1 is 1.19 bits per heavy atom. The molecule has 0 aliphatic carbocycles. The van der Waals surface area contributed by atoms with Gasteiger partial charge in [-0.25, -0.2) is 9.78 Å². The fourth-order valence-corrected chi connectivity index (χ4v) is 3.36. The number of carbonyl (C=O) groups is 1. The number of carbonyl (C=O) groups excluding carboxylic acids is 1. The maximum atomic E-state index is 13.3. The van der Waals surface area contributed by atoms with Gasteiger partial charge in [0.05, 0.1) is 35.1 Å². The minimum absolute atomic E-state index is 0.257. The molecule has 0 amide bonds. The van der Waals surface area contributed by atoms with Gasteiger partial charge in [-0.1, -0.05) is 24.3 Å². The predicted molar refractivity (Wildman–Crippen MR) is 102 cm³/mol. The van der Waals surface area contributed by atoms with E-state index in [4.69, 9.17) is 15.5 Å². The minimum Gasteiger partial charge on any atom is -0.465 e. The highest BCUT2D eigenvalue weighted by atomic mass is 16.5. The van der Waals surface area contributed by atoms with Gasteiger partial charge in [0, 0.05) is 6.42 Å². The first-order valence-corrected chi connectivity index (χ1v) is 8.61. The molecule has 0 saturated carbocycles. The molecule has 136 valence electrons. The number of fused-ring (bicyclic) bond motifs is 1. The molecule has 0 bridgehead atoms. The lowest BCUT2D eigenvalue weighted by Gasteiger charge is -2.18. The van der Waals surface area contributed by atoms with Crippen LogP contribution in [0.3, 0.4) is 0 Å². The molecule has 27 heavy (non-hydrogen) atoms. The molecule has 0 radical (unpaired) electrons. The number of nitrogens with two attached hydrogens (primary N) is 1. The molecule has 1 aliphatic heterocycles. The lowest BCUT2D eigenvalue weighted by atomic mass is 10.1. The van der Waals surface area contributed by atoms with Crippen molar-refractivity contribution in [1.82, 2.24) is 9.55 Å². The van der Waals surface area contributed by atoms with E-state index in [1.54, 1.807) is 42.5 Å². The highest BCUT2D eigenvalue weighted by Gasteiger charge is 2.26. The van der Waals surface area contributed by atoms with Crippen molar-refractivity contribution in [3.63, 3.8) is 0 Å². The number of methoxy groups -OCH3 is 1. The van der Waals surface area contributed by atoms with Crippen LogP contribution in [0, 0.1) is 0 Å². The van der Waals surface area contributed by atoms with E-state index < -0.39 is 5.97 Å². The molecule has 2 N–H and O–H groups in total. The Kier molecular flexibility index (Phi) is 4.19. The average molecular weight is 362 g/mol. The van der Waals surface area contributed by atoms with Crippen molar-refractivity contribution in [2.75, 3.05) is 7.11 Å². The molecule has 1 atom stereocenters. The van der Waals surface area contributed by atoms with Gasteiger partial charge < -0.3 is 10.5 Å². The minimum atomic E-state index is -0.522. The van der Waals surface area contributed by atoms with Gasteiger partial charge in [-0.2, -0.15) is 0 Å². The number of benzene rings is 2. The van der Waals surface area contributed by atoms with Crippen LogP contribution in [0.4, 0.5) is 0 Å². The average Bonchev–Trinajstić information content (AvgIpc) is 3.13. The number of amidine groups is 1. The molecular formula is C20H18N4O3. The van der Waals surface area contributed by atoms with Crippen molar-refractivity contribution in [2.45, 2.75) is 18.9 Å². The summed E-state index contributed by atoms with van der Waals surface area (Å²) in [5.41, 5.74) is 6.90. The van der Waals surface area contributed by atoms with Gasteiger partial charge in [-0.15, -0.1) is 0 Å². The summed E-state index contributed by atoms with van der Waals surface area (Å²) in [7, 11) is 1.31. The van der Waals surface area contributed by atoms with Crippen molar-refractivity contribution >= 4 is 22.7 Å². The van der Waals surface area contributed by atoms with E-state index in [-0.39, 0.29) is 17.2 Å². The largest absolute Gasteiger partial charge is 0.465 e. The zero-order valence-electron chi connectivity index (χ0n) is 14.8. The van der Waals surface area contributed by atoms with Crippen LogP contribution in [-0.4, -0.2) is 28.5 Å². The Morgan fingerprint density at radius 2 is 1.93 bits per heavy atom. The number of aliphatic imine (C=N–C) groups is 1. The number of esters is 1. The summed E-state index contributed by atoms with van der Waals surface area (Å²) >= 11 is 0. The second kappa shape index (κ2) is 6.68. The third-order valence-corrected chi connectivity index (χ3v) is 4.65. The van der Waals surface area contributed by atoms with Gasteiger partial charge in [0.1, 0.15) is 11.9 Å². The van der Waals surface area contributed by atoms with Gasteiger partial charge in [0.2, 0.25) is 0 Å². The smallest absolute Gasteiger partial charge is 0.339 e. The fourth-order valence-electron chi connectivity index (χ4n) is 3.36. The zero-order chi connectivity index (χ0) is 19.0. The van der Waals surface area contributed by atoms with Crippen LogP contribution in [-0.2, 0) is 4.74 Å². The molecule has 0 saturated heterocycles. The molecule has 4 rings (SSSR count). The van der Waals surface area contributed by atoms with Gasteiger partial charge >= 0.3 is 5.97 Å². The molecule has 2 aromatic carbocycles. The Hall–Kier alpha value is -3.48. The number of hydrogen-bond acceptors (Lipinski definition) is 6. The Balaban J connectivity index is 2.07. The lowest BCUT2D eigenvalue weighted by molar-refractivity contribution is 0.0600. The molecular weight excluding hydrogens is 344 g/mol. The van der Waals surface area contributed by atoms with Crippen LogP contribution in [0.5, 0.6) is 0 Å². The summed E-state index contributed by atoms with van der Waals surface area (Å²) in [6.45, 7) is 0. The summed E-state index contributed by atoms with van der Waals surface area (Å²) < 4.78 is 6.35. The monoisotopic (exact) mass is 362 g/mol. The summed E-state index contributed by atoms with van der Waals surface area (Å²) in [6.07, 6.45) is 1.31. The Morgan fingerprint density at radius 3 is 2.67 bits per heavy atom.